The molecule has 1 aliphatic carbocycles. The number of allylic oxidation sites excluding steroid dienone is 1. The lowest BCUT2D eigenvalue weighted by atomic mass is 9.91. The van der Waals surface area contributed by atoms with Gasteiger partial charge in [0.25, 0.3) is 0 Å². The molecule has 1 unspecified atom stereocenters. The lowest BCUT2D eigenvalue weighted by molar-refractivity contribution is 0.414. The van der Waals surface area contributed by atoms with E-state index in [-0.39, 0.29) is 5.92 Å². The van der Waals surface area contributed by atoms with Crippen LogP contribution < -0.4 is 4.74 Å². The molecule has 0 radical (unpaired) electrons. The van der Waals surface area contributed by atoms with Crippen molar-refractivity contribution in [2.75, 3.05) is 7.11 Å². The summed E-state index contributed by atoms with van der Waals surface area (Å²) >= 11 is 5.23. The van der Waals surface area contributed by atoms with Gasteiger partial charge >= 0.3 is 0 Å². The van der Waals surface area contributed by atoms with Crippen LogP contribution >= 0.6 is 27.3 Å². The summed E-state index contributed by atoms with van der Waals surface area (Å²) in [5.74, 6) is 0.954. The molecule has 1 aromatic heterocycles. The van der Waals surface area contributed by atoms with Crippen molar-refractivity contribution in [1.29, 1.82) is 5.26 Å². The molecule has 0 spiro atoms. The van der Waals surface area contributed by atoms with Crippen LogP contribution in [0.1, 0.15) is 33.7 Å². The molecule has 1 aliphatic rings. The van der Waals surface area contributed by atoms with E-state index in [0.29, 0.717) is 0 Å². The molecule has 3 rings (SSSR count). The number of halogens is 1. The molecule has 0 saturated carbocycles. The maximum Gasteiger partial charge on any atom is 0.119 e. The molecule has 0 saturated heterocycles. The third kappa shape index (κ3) is 1.98. The second kappa shape index (κ2) is 5.08. The number of rotatable bonds is 2. The number of fused-ring (bicyclic) bond motifs is 1. The predicted molar refractivity (Wildman–Crippen MR) is 85.5 cm³/mol. The van der Waals surface area contributed by atoms with Gasteiger partial charge in [-0.2, -0.15) is 16.6 Å². The maximum atomic E-state index is 9.25. The van der Waals surface area contributed by atoms with Crippen molar-refractivity contribution in [2.24, 2.45) is 0 Å². The summed E-state index contributed by atoms with van der Waals surface area (Å²) in [5.41, 5.74) is 5.42. The third-order valence-electron chi connectivity index (χ3n) is 3.62. The number of methoxy groups -OCH3 is 1. The van der Waals surface area contributed by atoms with E-state index >= 15 is 0 Å². The molecule has 0 fully saturated rings. The van der Waals surface area contributed by atoms with Crippen molar-refractivity contribution >= 4 is 33.3 Å². The summed E-state index contributed by atoms with van der Waals surface area (Å²) in [5, 5.41) is 13.2. The van der Waals surface area contributed by atoms with E-state index in [1.165, 1.54) is 16.7 Å². The zero-order valence-electron chi connectivity index (χ0n) is 11.1. The van der Waals surface area contributed by atoms with Crippen molar-refractivity contribution in [3.63, 3.8) is 0 Å². The van der Waals surface area contributed by atoms with E-state index in [9.17, 15) is 5.26 Å². The van der Waals surface area contributed by atoms with Crippen LogP contribution in [0, 0.1) is 18.3 Å². The molecule has 100 valence electrons. The van der Waals surface area contributed by atoms with Gasteiger partial charge in [0, 0.05) is 15.8 Å². The highest BCUT2D eigenvalue weighted by atomic mass is 79.9. The topological polar surface area (TPSA) is 33.0 Å². The van der Waals surface area contributed by atoms with Gasteiger partial charge in [-0.15, -0.1) is 0 Å². The maximum absolute atomic E-state index is 9.25. The van der Waals surface area contributed by atoms with E-state index in [1.54, 1.807) is 18.4 Å². The number of nitrogens with zero attached hydrogens (tertiary/aromatic N) is 1. The Morgan fingerprint density at radius 2 is 2.10 bits per heavy atom. The summed E-state index contributed by atoms with van der Waals surface area (Å²) in [6.07, 6.45) is 2.15. The summed E-state index contributed by atoms with van der Waals surface area (Å²) < 4.78 is 6.47. The molecule has 0 amide bonds. The van der Waals surface area contributed by atoms with Crippen molar-refractivity contribution in [2.45, 2.75) is 12.8 Å². The van der Waals surface area contributed by atoms with Gasteiger partial charge in [-0.3, -0.25) is 0 Å². The van der Waals surface area contributed by atoms with Gasteiger partial charge in [0.05, 0.1) is 12.7 Å². The van der Waals surface area contributed by atoms with E-state index in [4.69, 9.17) is 4.74 Å². The van der Waals surface area contributed by atoms with Gasteiger partial charge in [-0.05, 0) is 52.8 Å². The summed E-state index contributed by atoms with van der Waals surface area (Å²) in [6.45, 7) is 2.08. The van der Waals surface area contributed by atoms with Gasteiger partial charge < -0.3 is 4.74 Å². The fraction of sp³-hybridized carbons (Fsp3) is 0.188. The fourth-order valence-corrected chi connectivity index (χ4v) is 4.18. The second-order valence-corrected chi connectivity index (χ2v) is 6.42. The zero-order chi connectivity index (χ0) is 14.3. The first-order chi connectivity index (χ1) is 9.65. The second-order valence-electron chi connectivity index (χ2n) is 4.76. The molecule has 0 aliphatic heterocycles. The highest BCUT2D eigenvalue weighted by Crippen LogP contribution is 2.47. The van der Waals surface area contributed by atoms with Crippen LogP contribution in [0.4, 0.5) is 0 Å². The van der Waals surface area contributed by atoms with Crippen LogP contribution in [0.5, 0.6) is 5.75 Å². The highest BCUT2D eigenvalue weighted by molar-refractivity contribution is 9.11. The van der Waals surface area contributed by atoms with Gasteiger partial charge in [0.1, 0.15) is 11.8 Å². The molecule has 2 aromatic rings. The van der Waals surface area contributed by atoms with Gasteiger partial charge in [0.15, 0.2) is 0 Å². The minimum absolute atomic E-state index is 0.0969. The Morgan fingerprint density at radius 1 is 1.30 bits per heavy atom. The van der Waals surface area contributed by atoms with Crippen molar-refractivity contribution in [1.82, 2.24) is 0 Å². The number of benzene rings is 1. The van der Waals surface area contributed by atoms with E-state index in [2.05, 4.69) is 46.4 Å². The fourth-order valence-electron chi connectivity index (χ4n) is 2.65. The van der Waals surface area contributed by atoms with Gasteiger partial charge in [0.2, 0.25) is 0 Å². The van der Waals surface area contributed by atoms with Gasteiger partial charge in [-0.25, -0.2) is 0 Å². The lowest BCUT2D eigenvalue weighted by Crippen LogP contribution is -2.00. The Labute approximate surface area is 130 Å². The molecule has 0 N–H and O–H groups in total. The molecule has 1 atom stereocenters. The first-order valence-corrected chi connectivity index (χ1v) is 7.91. The van der Waals surface area contributed by atoms with Crippen LogP contribution in [0.15, 0.2) is 27.4 Å². The standard InChI is InChI=1S/C16H12BrNOS/c1-9-3-11(19-2)4-13-12(9)5-15(17)16(13)14-8-20-7-10(14)6-18/h3-5,7-8,16H,1-2H3. The quantitative estimate of drug-likeness (QED) is 0.781. The Bertz CT molecular complexity index is 754. The van der Waals surface area contributed by atoms with Crippen molar-refractivity contribution in [3.05, 3.63) is 55.2 Å². The van der Waals surface area contributed by atoms with E-state index in [0.717, 1.165) is 21.4 Å². The lowest BCUT2D eigenvalue weighted by Gasteiger charge is -2.15. The van der Waals surface area contributed by atoms with E-state index < -0.39 is 0 Å². The van der Waals surface area contributed by atoms with Crippen LogP contribution in [0.2, 0.25) is 0 Å². The number of hydrogen-bond donors (Lipinski definition) is 0. The van der Waals surface area contributed by atoms with Crippen LogP contribution in [0.25, 0.3) is 6.08 Å². The number of aryl methyl sites for hydroxylation is 1. The molecule has 0 bridgehead atoms. The zero-order valence-corrected chi connectivity index (χ0v) is 13.5. The number of nitriles is 1. The van der Waals surface area contributed by atoms with Crippen LogP contribution in [-0.4, -0.2) is 7.11 Å². The molecule has 1 heterocycles. The van der Waals surface area contributed by atoms with Crippen LogP contribution in [0.3, 0.4) is 0 Å². The average molecular weight is 346 g/mol. The molecule has 1 aromatic carbocycles. The van der Waals surface area contributed by atoms with Crippen molar-refractivity contribution in [3.8, 4) is 11.8 Å². The highest BCUT2D eigenvalue weighted by Gasteiger charge is 2.29. The Hall–Kier alpha value is -1.57. The Balaban J connectivity index is 2.20. The minimum atomic E-state index is 0.0969. The normalized spacial score (nSPS) is 16.5. The van der Waals surface area contributed by atoms with Gasteiger partial charge in [-0.1, -0.05) is 15.9 Å². The monoisotopic (exact) mass is 345 g/mol. The third-order valence-corrected chi connectivity index (χ3v) is 5.07. The predicted octanol–water partition coefficient (Wildman–Crippen LogP) is 4.82. The average Bonchev–Trinajstić information content (AvgIpc) is 3.01. The first-order valence-electron chi connectivity index (χ1n) is 6.17. The SMILES string of the molecule is COc1cc(C)c2c(c1)C(c1cscc1C#N)C(Br)=C2. The summed E-state index contributed by atoms with van der Waals surface area (Å²) in [7, 11) is 1.68. The molecular formula is C16H12BrNOS. The van der Waals surface area contributed by atoms with E-state index in [1.807, 2.05) is 11.4 Å². The summed E-state index contributed by atoms with van der Waals surface area (Å²) in [4.78, 5) is 0. The number of thiophene rings is 1. The van der Waals surface area contributed by atoms with Crippen molar-refractivity contribution < 1.29 is 4.74 Å². The first kappa shape index (κ1) is 13.4. The molecular weight excluding hydrogens is 334 g/mol. The Morgan fingerprint density at radius 3 is 2.80 bits per heavy atom. The number of hydrogen-bond acceptors (Lipinski definition) is 3. The number of ether oxygens (including phenoxy) is 1. The molecule has 4 heteroatoms. The van der Waals surface area contributed by atoms with Crippen LogP contribution in [-0.2, 0) is 0 Å². The molecule has 20 heavy (non-hydrogen) atoms. The largest absolute Gasteiger partial charge is 0.497 e. The summed E-state index contributed by atoms with van der Waals surface area (Å²) in [6, 6.07) is 6.38. The Kier molecular flexibility index (Phi) is 3.41. The smallest absolute Gasteiger partial charge is 0.119 e. The minimum Gasteiger partial charge on any atom is -0.497 e. The molecule has 2 nitrogen and oxygen atoms in total.